The van der Waals surface area contributed by atoms with Gasteiger partial charge in [0.2, 0.25) is 5.91 Å². The van der Waals surface area contributed by atoms with Crippen molar-refractivity contribution < 1.29 is 13.2 Å². The second-order valence-electron chi connectivity index (χ2n) is 5.38. The van der Waals surface area contributed by atoms with Gasteiger partial charge in [-0.1, -0.05) is 12.1 Å². The van der Waals surface area contributed by atoms with Crippen LogP contribution in [-0.4, -0.2) is 49.9 Å². The molecule has 6 nitrogen and oxygen atoms in total. The van der Waals surface area contributed by atoms with Crippen molar-refractivity contribution in [3.05, 3.63) is 29.8 Å². The van der Waals surface area contributed by atoms with E-state index in [1.807, 2.05) is 36.1 Å². The monoisotopic (exact) mass is 311 g/mol. The number of hydrogen-bond donors (Lipinski definition) is 2. The van der Waals surface area contributed by atoms with Crippen molar-refractivity contribution in [1.82, 2.24) is 4.90 Å². The van der Waals surface area contributed by atoms with E-state index in [1.165, 1.54) is 0 Å². The number of benzene rings is 1. The molecular weight excluding hydrogens is 290 g/mol. The lowest BCUT2D eigenvalue weighted by Gasteiger charge is -2.32. The molecule has 0 bridgehead atoms. The van der Waals surface area contributed by atoms with E-state index in [-0.39, 0.29) is 30.0 Å². The summed E-state index contributed by atoms with van der Waals surface area (Å²) in [6.07, 6.45) is 0. The van der Waals surface area contributed by atoms with Gasteiger partial charge >= 0.3 is 0 Å². The Balaban J connectivity index is 1.89. The second-order valence-corrected chi connectivity index (χ2v) is 7.61. The van der Waals surface area contributed by atoms with Gasteiger partial charge < -0.3 is 11.1 Å². The summed E-state index contributed by atoms with van der Waals surface area (Å²) >= 11 is 0. The van der Waals surface area contributed by atoms with Gasteiger partial charge in [0.15, 0.2) is 9.84 Å². The fourth-order valence-electron chi connectivity index (χ4n) is 2.38. The quantitative estimate of drug-likeness (QED) is 0.829. The Labute approximate surface area is 125 Å². The van der Waals surface area contributed by atoms with Gasteiger partial charge in [-0.3, -0.25) is 9.69 Å². The Morgan fingerprint density at radius 3 is 2.62 bits per heavy atom. The summed E-state index contributed by atoms with van der Waals surface area (Å²) in [5.41, 5.74) is 7.24. The summed E-state index contributed by atoms with van der Waals surface area (Å²) < 4.78 is 23.0. The predicted octanol–water partition coefficient (Wildman–Crippen LogP) is 0.203. The molecule has 21 heavy (non-hydrogen) atoms. The Morgan fingerprint density at radius 1 is 1.38 bits per heavy atom. The third-order valence-electron chi connectivity index (χ3n) is 3.63. The molecule has 0 spiro atoms. The fourth-order valence-corrected chi connectivity index (χ4v) is 4.00. The number of nitrogens with one attached hydrogen (secondary N) is 1. The van der Waals surface area contributed by atoms with Gasteiger partial charge in [0.05, 0.1) is 18.1 Å². The highest BCUT2D eigenvalue weighted by molar-refractivity contribution is 7.91. The number of rotatable bonds is 4. The van der Waals surface area contributed by atoms with Crippen LogP contribution in [0.5, 0.6) is 0 Å². The van der Waals surface area contributed by atoms with Gasteiger partial charge in [-0.05, 0) is 24.6 Å². The van der Waals surface area contributed by atoms with Gasteiger partial charge in [-0.15, -0.1) is 0 Å². The van der Waals surface area contributed by atoms with Crippen LogP contribution in [0.2, 0.25) is 0 Å². The number of carbonyl (C=O) groups excluding carboxylic acids is 1. The normalized spacial score (nSPS) is 21.9. The van der Waals surface area contributed by atoms with E-state index >= 15 is 0 Å². The minimum absolute atomic E-state index is 0.117. The molecular formula is C14H21N3O3S. The van der Waals surface area contributed by atoms with E-state index in [9.17, 15) is 13.2 Å². The number of anilines is 1. The summed E-state index contributed by atoms with van der Waals surface area (Å²) in [5, 5.41) is 2.81. The van der Waals surface area contributed by atoms with Gasteiger partial charge in [-0.25, -0.2) is 8.42 Å². The maximum Gasteiger partial charge on any atom is 0.238 e. The lowest BCUT2D eigenvalue weighted by molar-refractivity contribution is -0.117. The Hall–Kier alpha value is -1.44. The molecule has 2 rings (SSSR count). The predicted molar refractivity (Wildman–Crippen MR) is 82.7 cm³/mol. The molecule has 7 heteroatoms. The minimum Gasteiger partial charge on any atom is -0.326 e. The molecule has 1 aromatic rings. The molecule has 1 heterocycles. The highest BCUT2D eigenvalue weighted by atomic mass is 32.2. The zero-order valence-corrected chi connectivity index (χ0v) is 12.9. The second kappa shape index (κ2) is 6.55. The molecule has 0 saturated carbocycles. The smallest absolute Gasteiger partial charge is 0.238 e. The minimum atomic E-state index is -2.95. The van der Waals surface area contributed by atoms with Crippen molar-refractivity contribution >= 4 is 21.4 Å². The molecule has 3 N–H and O–H groups in total. The van der Waals surface area contributed by atoms with Crippen LogP contribution < -0.4 is 11.1 Å². The molecule has 1 aliphatic rings. The van der Waals surface area contributed by atoms with Crippen molar-refractivity contribution in [2.45, 2.75) is 19.5 Å². The first-order valence-electron chi connectivity index (χ1n) is 6.93. The first kappa shape index (κ1) is 15.9. The zero-order valence-electron chi connectivity index (χ0n) is 12.1. The average Bonchev–Trinajstić information content (AvgIpc) is 2.42. The van der Waals surface area contributed by atoms with Crippen LogP contribution in [0.3, 0.4) is 0 Å². The third-order valence-corrected chi connectivity index (χ3v) is 5.42. The van der Waals surface area contributed by atoms with Crippen LogP contribution in [-0.2, 0) is 21.2 Å². The molecule has 116 valence electrons. The van der Waals surface area contributed by atoms with Crippen LogP contribution in [0.15, 0.2) is 24.3 Å². The largest absolute Gasteiger partial charge is 0.326 e. The van der Waals surface area contributed by atoms with E-state index in [4.69, 9.17) is 5.73 Å². The molecule has 0 radical (unpaired) electrons. The Kier molecular flexibility index (Phi) is 4.97. The van der Waals surface area contributed by atoms with Crippen molar-refractivity contribution in [3.63, 3.8) is 0 Å². The molecule has 1 saturated heterocycles. The molecule has 0 aliphatic carbocycles. The number of sulfone groups is 1. The molecule has 1 aliphatic heterocycles. The number of nitrogens with zero attached hydrogens (tertiary/aromatic N) is 1. The van der Waals surface area contributed by atoms with Gasteiger partial charge in [0.25, 0.3) is 0 Å². The van der Waals surface area contributed by atoms with Crippen LogP contribution in [0, 0.1) is 0 Å². The summed E-state index contributed by atoms with van der Waals surface area (Å²) in [6.45, 7) is 2.91. The lowest BCUT2D eigenvalue weighted by Crippen LogP contribution is -2.49. The fraction of sp³-hybridized carbons (Fsp3) is 0.500. The first-order valence-corrected chi connectivity index (χ1v) is 8.75. The molecule has 1 aromatic carbocycles. The van der Waals surface area contributed by atoms with Crippen LogP contribution in [0.25, 0.3) is 0 Å². The van der Waals surface area contributed by atoms with Crippen LogP contribution in [0.4, 0.5) is 5.69 Å². The summed E-state index contributed by atoms with van der Waals surface area (Å²) in [6, 6.07) is 7.22. The van der Waals surface area contributed by atoms with E-state index in [1.54, 1.807) is 0 Å². The van der Waals surface area contributed by atoms with Crippen LogP contribution >= 0.6 is 0 Å². The highest BCUT2D eigenvalue weighted by Gasteiger charge is 2.29. The SMILES string of the molecule is CC1CS(=O)(=O)CCN1CC(=O)Nc1ccc(CN)cc1. The number of hydrogen-bond acceptors (Lipinski definition) is 5. The van der Waals surface area contributed by atoms with E-state index in [0.717, 1.165) is 11.3 Å². The maximum atomic E-state index is 12.0. The van der Waals surface area contributed by atoms with Crippen molar-refractivity contribution in [3.8, 4) is 0 Å². The average molecular weight is 311 g/mol. The Morgan fingerprint density at radius 2 is 2.05 bits per heavy atom. The first-order chi connectivity index (χ1) is 9.89. The van der Waals surface area contributed by atoms with Crippen LogP contribution in [0.1, 0.15) is 12.5 Å². The lowest BCUT2D eigenvalue weighted by atomic mass is 10.2. The molecule has 1 fully saturated rings. The van der Waals surface area contributed by atoms with Crippen molar-refractivity contribution in [2.24, 2.45) is 5.73 Å². The van der Waals surface area contributed by atoms with Crippen molar-refractivity contribution in [1.29, 1.82) is 0 Å². The van der Waals surface area contributed by atoms with Gasteiger partial charge in [0, 0.05) is 24.8 Å². The topological polar surface area (TPSA) is 92.5 Å². The molecule has 1 unspecified atom stereocenters. The maximum absolute atomic E-state index is 12.0. The molecule has 0 aromatic heterocycles. The number of nitrogens with two attached hydrogens (primary N) is 1. The Bertz CT molecular complexity index is 598. The summed E-state index contributed by atoms with van der Waals surface area (Å²) in [4.78, 5) is 13.9. The highest BCUT2D eigenvalue weighted by Crippen LogP contribution is 2.12. The van der Waals surface area contributed by atoms with E-state index in [2.05, 4.69) is 5.32 Å². The number of amides is 1. The zero-order chi connectivity index (χ0) is 15.5. The summed E-state index contributed by atoms with van der Waals surface area (Å²) in [5.74, 6) is 0.100. The number of carbonyl (C=O) groups is 1. The molecule has 1 amide bonds. The van der Waals surface area contributed by atoms with E-state index < -0.39 is 9.84 Å². The van der Waals surface area contributed by atoms with Gasteiger partial charge in [-0.2, -0.15) is 0 Å². The van der Waals surface area contributed by atoms with Gasteiger partial charge in [0.1, 0.15) is 0 Å². The van der Waals surface area contributed by atoms with E-state index in [0.29, 0.717) is 13.1 Å². The third kappa shape index (κ3) is 4.52. The standard InChI is InChI=1S/C14H21N3O3S/c1-11-10-21(19,20)7-6-17(11)9-14(18)16-13-4-2-12(8-15)3-5-13/h2-5,11H,6-10,15H2,1H3,(H,16,18). The van der Waals surface area contributed by atoms with Crippen molar-refractivity contribution in [2.75, 3.05) is 29.9 Å². The summed E-state index contributed by atoms with van der Waals surface area (Å²) in [7, 11) is -2.95. The molecule has 1 atom stereocenters.